The normalized spacial score (nSPS) is 26.5. The van der Waals surface area contributed by atoms with Crippen LogP contribution in [0.2, 0.25) is 0 Å². The van der Waals surface area contributed by atoms with Gasteiger partial charge < -0.3 is 0 Å². The molecule has 2 aromatic rings. The van der Waals surface area contributed by atoms with Gasteiger partial charge in [-0.05, 0) is 37.1 Å². The van der Waals surface area contributed by atoms with Crippen LogP contribution in [0.25, 0.3) is 0 Å². The molecule has 0 radical (unpaired) electrons. The number of aryl methyl sites for hydroxylation is 1. The van der Waals surface area contributed by atoms with Crippen LogP contribution in [-0.2, 0) is 13.0 Å². The van der Waals surface area contributed by atoms with Gasteiger partial charge in [0.05, 0.1) is 0 Å². The predicted molar refractivity (Wildman–Crippen MR) is 98.9 cm³/mol. The largest absolute Gasteiger partial charge is 0.294 e. The second-order valence-electron chi connectivity index (χ2n) is 7.25. The maximum Gasteiger partial charge on any atom is 0.127 e. The van der Waals surface area contributed by atoms with Gasteiger partial charge in [0.2, 0.25) is 0 Å². The van der Waals surface area contributed by atoms with Crippen molar-refractivity contribution in [1.82, 2.24) is 25.7 Å². The Bertz CT molecular complexity index is 718. The van der Waals surface area contributed by atoms with Crippen molar-refractivity contribution in [2.24, 2.45) is 0 Å². The van der Waals surface area contributed by atoms with Gasteiger partial charge in [-0.25, -0.2) is 14.4 Å². The molecule has 2 fully saturated rings. The van der Waals surface area contributed by atoms with E-state index in [0.29, 0.717) is 18.0 Å². The maximum absolute atomic E-state index is 13.3. The molecule has 1 aromatic carbocycles. The fourth-order valence-corrected chi connectivity index (χ4v) is 4.25. The van der Waals surface area contributed by atoms with E-state index in [1.807, 2.05) is 24.5 Å². The number of nitrogens with one attached hydrogen (secondary N) is 2. The Morgan fingerprint density at radius 3 is 2.69 bits per heavy atom. The topological polar surface area (TPSA) is 53.1 Å². The van der Waals surface area contributed by atoms with Crippen LogP contribution in [0.4, 0.5) is 4.39 Å². The Kier molecular flexibility index (Phi) is 5.24. The van der Waals surface area contributed by atoms with Gasteiger partial charge in [0.1, 0.15) is 11.6 Å². The van der Waals surface area contributed by atoms with Crippen LogP contribution in [0, 0.1) is 5.82 Å². The zero-order valence-corrected chi connectivity index (χ0v) is 15.2. The van der Waals surface area contributed by atoms with Gasteiger partial charge in [0, 0.05) is 55.5 Å². The Morgan fingerprint density at radius 2 is 1.96 bits per heavy atom. The van der Waals surface area contributed by atoms with Gasteiger partial charge in [-0.15, -0.1) is 0 Å². The van der Waals surface area contributed by atoms with Crippen LogP contribution in [0.15, 0.2) is 36.7 Å². The Hall–Kier alpha value is -1.89. The molecule has 2 aliphatic heterocycles. The fraction of sp³-hybridized carbons (Fsp3) is 0.500. The molecule has 0 saturated carbocycles. The van der Waals surface area contributed by atoms with E-state index in [1.54, 1.807) is 12.1 Å². The average molecular weight is 355 g/mol. The summed E-state index contributed by atoms with van der Waals surface area (Å²) in [6, 6.07) is 7.72. The van der Waals surface area contributed by atoms with Crippen molar-refractivity contribution in [2.45, 2.75) is 50.7 Å². The van der Waals surface area contributed by atoms with Crippen LogP contribution in [0.3, 0.4) is 0 Å². The molecule has 6 heteroatoms. The van der Waals surface area contributed by atoms with E-state index >= 15 is 0 Å². The van der Waals surface area contributed by atoms with E-state index in [1.165, 1.54) is 24.0 Å². The molecule has 3 atom stereocenters. The van der Waals surface area contributed by atoms with E-state index in [-0.39, 0.29) is 5.82 Å². The molecular formula is C20H26FN5. The van der Waals surface area contributed by atoms with Gasteiger partial charge in [0.25, 0.3) is 0 Å². The highest BCUT2D eigenvalue weighted by atomic mass is 19.1. The van der Waals surface area contributed by atoms with Crippen LogP contribution in [0.5, 0.6) is 0 Å². The van der Waals surface area contributed by atoms with E-state index in [2.05, 4.69) is 32.6 Å². The second kappa shape index (κ2) is 7.78. The number of halogens is 1. The molecule has 0 amide bonds. The lowest BCUT2D eigenvalue weighted by Crippen LogP contribution is -2.47. The number of nitrogens with zero attached hydrogens (tertiary/aromatic N) is 3. The van der Waals surface area contributed by atoms with Crippen LogP contribution in [0.1, 0.15) is 42.6 Å². The van der Waals surface area contributed by atoms with E-state index < -0.39 is 0 Å². The van der Waals surface area contributed by atoms with E-state index in [0.717, 1.165) is 31.9 Å². The molecule has 4 rings (SSSR count). The lowest BCUT2D eigenvalue weighted by molar-refractivity contribution is 0.196. The minimum Gasteiger partial charge on any atom is -0.294 e. The van der Waals surface area contributed by atoms with Crippen molar-refractivity contribution < 1.29 is 4.39 Å². The number of rotatable bonds is 5. The molecule has 3 unspecified atom stereocenters. The van der Waals surface area contributed by atoms with E-state index in [4.69, 9.17) is 0 Å². The lowest BCUT2D eigenvalue weighted by Gasteiger charge is -2.32. The highest BCUT2D eigenvalue weighted by molar-refractivity contribution is 5.25. The van der Waals surface area contributed by atoms with Crippen molar-refractivity contribution >= 4 is 0 Å². The summed E-state index contributed by atoms with van der Waals surface area (Å²) in [5.74, 6) is 1.06. The molecule has 5 nitrogen and oxygen atoms in total. The highest BCUT2D eigenvalue weighted by Gasteiger charge is 2.39. The first-order valence-corrected chi connectivity index (χ1v) is 9.52. The van der Waals surface area contributed by atoms with Gasteiger partial charge >= 0.3 is 0 Å². The monoisotopic (exact) mass is 355 g/mol. The van der Waals surface area contributed by atoms with Crippen LogP contribution in [-0.4, -0.2) is 40.0 Å². The van der Waals surface area contributed by atoms with Crippen molar-refractivity contribution in [2.75, 3.05) is 13.1 Å². The summed E-state index contributed by atoms with van der Waals surface area (Å²) in [4.78, 5) is 11.4. The number of hydrazine groups is 1. The zero-order chi connectivity index (χ0) is 17.9. The lowest BCUT2D eigenvalue weighted by atomic mass is 9.87. The molecule has 138 valence electrons. The molecule has 2 saturated heterocycles. The molecule has 0 spiro atoms. The summed E-state index contributed by atoms with van der Waals surface area (Å²) < 4.78 is 13.3. The van der Waals surface area contributed by atoms with Gasteiger partial charge in [0.15, 0.2) is 0 Å². The highest BCUT2D eigenvalue weighted by Crippen LogP contribution is 2.32. The molecular weight excluding hydrogens is 329 g/mol. The summed E-state index contributed by atoms with van der Waals surface area (Å²) in [5.41, 5.74) is 9.15. The SMILES string of the molecule is CCc1ncc(CN2CCCC2C2NNCC2c2ccc(F)cc2)cn1. The van der Waals surface area contributed by atoms with Gasteiger partial charge in [-0.2, -0.15) is 0 Å². The van der Waals surface area contributed by atoms with Crippen molar-refractivity contribution in [1.29, 1.82) is 0 Å². The predicted octanol–water partition coefficient (Wildman–Crippen LogP) is 2.40. The standard InChI is InChI=1S/C20H26FN5/c1-2-19-22-10-14(11-23-19)13-26-9-3-4-18(26)20-17(12-24-25-20)15-5-7-16(21)8-6-15/h5-8,10-11,17-18,20,24-25H,2-4,9,12-13H2,1H3. The Morgan fingerprint density at radius 1 is 1.19 bits per heavy atom. The third-order valence-corrected chi connectivity index (χ3v) is 5.61. The second-order valence-corrected chi connectivity index (χ2v) is 7.25. The van der Waals surface area contributed by atoms with Crippen molar-refractivity contribution in [3.05, 3.63) is 59.4 Å². The number of likely N-dealkylation sites (tertiary alicyclic amines) is 1. The van der Waals surface area contributed by atoms with Gasteiger partial charge in [-0.3, -0.25) is 15.8 Å². The van der Waals surface area contributed by atoms with Gasteiger partial charge in [-0.1, -0.05) is 19.1 Å². The third-order valence-electron chi connectivity index (χ3n) is 5.61. The number of benzene rings is 1. The molecule has 26 heavy (non-hydrogen) atoms. The average Bonchev–Trinajstić information content (AvgIpc) is 3.32. The molecule has 0 bridgehead atoms. The summed E-state index contributed by atoms with van der Waals surface area (Å²) in [7, 11) is 0. The summed E-state index contributed by atoms with van der Waals surface area (Å²) in [6.45, 7) is 4.91. The maximum atomic E-state index is 13.3. The first-order chi connectivity index (χ1) is 12.7. The number of hydrogen-bond donors (Lipinski definition) is 2. The zero-order valence-electron chi connectivity index (χ0n) is 15.2. The molecule has 1 aromatic heterocycles. The van der Waals surface area contributed by atoms with Crippen LogP contribution >= 0.6 is 0 Å². The smallest absolute Gasteiger partial charge is 0.127 e. The summed E-state index contributed by atoms with van der Waals surface area (Å²) in [6.07, 6.45) is 7.15. The number of aromatic nitrogens is 2. The summed E-state index contributed by atoms with van der Waals surface area (Å²) >= 11 is 0. The third kappa shape index (κ3) is 3.63. The molecule has 3 heterocycles. The van der Waals surface area contributed by atoms with Crippen LogP contribution < -0.4 is 10.9 Å². The van der Waals surface area contributed by atoms with E-state index in [9.17, 15) is 4.39 Å². The first kappa shape index (κ1) is 17.5. The summed E-state index contributed by atoms with van der Waals surface area (Å²) in [5, 5.41) is 0. The first-order valence-electron chi connectivity index (χ1n) is 9.52. The Balaban J connectivity index is 1.48. The minimum absolute atomic E-state index is 0.178. The Labute approximate surface area is 154 Å². The van der Waals surface area contributed by atoms with Crippen molar-refractivity contribution in [3.63, 3.8) is 0 Å². The molecule has 2 aliphatic rings. The molecule has 0 aliphatic carbocycles. The molecule has 2 N–H and O–H groups in total. The quantitative estimate of drug-likeness (QED) is 0.863. The van der Waals surface area contributed by atoms with Crippen molar-refractivity contribution in [3.8, 4) is 0 Å². The minimum atomic E-state index is -0.178. The number of hydrogen-bond acceptors (Lipinski definition) is 5. The fourth-order valence-electron chi connectivity index (χ4n) is 4.25.